The van der Waals surface area contributed by atoms with Crippen LogP contribution < -0.4 is 0 Å². The molecular weight excluding hydrogens is 508 g/mol. The number of aliphatic hydroxyl groups excluding tert-OH is 4. The first kappa shape index (κ1) is 27.4. The van der Waals surface area contributed by atoms with Crippen molar-refractivity contribution in [3.05, 3.63) is 66.2 Å². The van der Waals surface area contributed by atoms with E-state index in [1.165, 1.54) is 13.4 Å². The van der Waals surface area contributed by atoms with Gasteiger partial charge in [0.05, 0.1) is 31.6 Å². The average molecular weight is 543 g/mol. The molecule has 0 bridgehead atoms. The number of benzene rings is 1. The fraction of sp³-hybridized carbons (Fsp3) is 0.464. The summed E-state index contributed by atoms with van der Waals surface area (Å²) in [5.41, 5.74) is 3.39. The summed E-state index contributed by atoms with van der Waals surface area (Å²) in [5.74, 6) is -1.62. The van der Waals surface area contributed by atoms with Crippen molar-refractivity contribution in [2.45, 2.75) is 49.5 Å². The predicted octanol–water partition coefficient (Wildman–Crippen LogP) is 1.16. The Morgan fingerprint density at radius 3 is 2.67 bits per heavy atom. The Bertz CT molecular complexity index is 1270. The molecule has 11 heteroatoms. The molecule has 210 valence electrons. The zero-order chi connectivity index (χ0) is 27.8. The molecule has 1 saturated heterocycles. The second-order valence-electron chi connectivity index (χ2n) is 10.1. The molecule has 11 nitrogen and oxygen atoms in total. The van der Waals surface area contributed by atoms with Crippen LogP contribution in [0.4, 0.5) is 0 Å². The number of carbonyl (C=O) groups is 1. The number of H-pyrrole nitrogens is 1. The normalized spacial score (nSPS) is 34.3. The minimum Gasteiger partial charge on any atom is -0.471 e. The summed E-state index contributed by atoms with van der Waals surface area (Å²) in [5, 5.41) is 41.4. The monoisotopic (exact) mass is 542 g/mol. The number of ether oxygens (including phenoxy) is 4. The molecule has 5 N–H and O–H groups in total. The van der Waals surface area contributed by atoms with E-state index in [0.29, 0.717) is 12.0 Å². The highest BCUT2D eigenvalue weighted by Gasteiger charge is 2.48. The van der Waals surface area contributed by atoms with Crippen LogP contribution >= 0.6 is 0 Å². The van der Waals surface area contributed by atoms with E-state index in [4.69, 9.17) is 18.9 Å². The van der Waals surface area contributed by atoms with Gasteiger partial charge in [-0.2, -0.15) is 0 Å². The van der Waals surface area contributed by atoms with Crippen LogP contribution in [0.2, 0.25) is 0 Å². The Morgan fingerprint density at radius 2 is 1.95 bits per heavy atom. The number of aromatic amines is 1. The van der Waals surface area contributed by atoms with E-state index in [1.54, 1.807) is 6.08 Å². The lowest BCUT2D eigenvalue weighted by Gasteiger charge is -2.43. The van der Waals surface area contributed by atoms with Crippen molar-refractivity contribution in [3.8, 4) is 0 Å². The van der Waals surface area contributed by atoms with Crippen LogP contribution in [0.5, 0.6) is 0 Å². The Morgan fingerprint density at radius 1 is 1.18 bits per heavy atom. The lowest BCUT2D eigenvalue weighted by atomic mass is 9.78. The number of hydrogen-bond donors (Lipinski definition) is 5. The standard InChI is InChI=1S/C28H34N2O9/c1-4-14-17(11-20-22-16(9-10-30(20)2)15-7-5-6-8-19(15)29-22)18(26(35)36-3)13-37-27(14)39-28-25(34)24(33)23(32)21(12-31)38-28/h4-10,13-14,17,20-21,23-25,27-29,31-34H,1,11-12H2,2-3H3. The average Bonchev–Trinajstić information content (AvgIpc) is 3.33. The number of methoxy groups -OCH3 is 1. The topological polar surface area (TPSA) is 154 Å². The van der Waals surface area contributed by atoms with Crippen molar-refractivity contribution < 1.29 is 44.2 Å². The summed E-state index contributed by atoms with van der Waals surface area (Å²) >= 11 is 0. The highest BCUT2D eigenvalue weighted by Crippen LogP contribution is 2.44. The van der Waals surface area contributed by atoms with Gasteiger partial charge in [-0.25, -0.2) is 4.79 Å². The number of rotatable bonds is 7. The maximum Gasteiger partial charge on any atom is 0.337 e. The maximum atomic E-state index is 12.8. The number of carbonyl (C=O) groups excluding carboxylic acids is 1. The third kappa shape index (κ3) is 4.86. The van der Waals surface area contributed by atoms with Crippen LogP contribution in [0.25, 0.3) is 17.0 Å². The molecule has 0 amide bonds. The van der Waals surface area contributed by atoms with Crippen LogP contribution in [-0.2, 0) is 23.7 Å². The minimum absolute atomic E-state index is 0.149. The van der Waals surface area contributed by atoms with Crippen molar-refractivity contribution in [2.75, 3.05) is 20.8 Å². The zero-order valence-electron chi connectivity index (χ0n) is 21.7. The van der Waals surface area contributed by atoms with Gasteiger partial charge in [-0.3, -0.25) is 0 Å². The molecule has 1 aromatic heterocycles. The summed E-state index contributed by atoms with van der Waals surface area (Å²) < 4.78 is 22.3. The number of esters is 1. The van der Waals surface area contributed by atoms with Gasteiger partial charge in [0.25, 0.3) is 0 Å². The van der Waals surface area contributed by atoms with Crippen LogP contribution in [0.3, 0.4) is 0 Å². The molecule has 0 saturated carbocycles. The largest absolute Gasteiger partial charge is 0.471 e. The van der Waals surface area contributed by atoms with Crippen LogP contribution in [-0.4, -0.2) is 94.0 Å². The molecule has 0 spiro atoms. The highest BCUT2D eigenvalue weighted by atomic mass is 16.8. The molecule has 9 unspecified atom stereocenters. The van der Waals surface area contributed by atoms with Crippen LogP contribution in [0.1, 0.15) is 23.7 Å². The van der Waals surface area contributed by atoms with Gasteiger partial charge < -0.3 is 49.3 Å². The van der Waals surface area contributed by atoms with Crippen molar-refractivity contribution in [1.82, 2.24) is 9.88 Å². The van der Waals surface area contributed by atoms with E-state index in [1.807, 2.05) is 31.4 Å². The number of aromatic nitrogens is 1. The third-order valence-corrected chi connectivity index (χ3v) is 7.87. The van der Waals surface area contributed by atoms with E-state index in [2.05, 4.69) is 28.6 Å². The Labute approximate surface area is 225 Å². The van der Waals surface area contributed by atoms with E-state index in [-0.39, 0.29) is 6.04 Å². The molecule has 4 heterocycles. The number of hydrogen-bond acceptors (Lipinski definition) is 10. The molecular formula is C28H34N2O9. The first-order chi connectivity index (χ1) is 18.8. The lowest BCUT2D eigenvalue weighted by molar-refractivity contribution is -0.339. The molecule has 5 rings (SSSR count). The first-order valence-corrected chi connectivity index (χ1v) is 12.8. The first-order valence-electron chi connectivity index (χ1n) is 12.8. The van der Waals surface area contributed by atoms with E-state index in [0.717, 1.165) is 22.2 Å². The van der Waals surface area contributed by atoms with Crippen LogP contribution in [0, 0.1) is 11.8 Å². The quantitative estimate of drug-likeness (QED) is 0.254. The SMILES string of the molecule is C=CC1C(OC2OC(CO)C(O)C(O)C2O)OC=C(C(=O)OC)C1CC1c2[nH]c3ccccc3c2C=CN1C. The smallest absolute Gasteiger partial charge is 0.337 e. The molecule has 3 aliphatic rings. The molecule has 1 fully saturated rings. The van der Waals surface area contributed by atoms with E-state index in [9.17, 15) is 25.2 Å². The van der Waals surface area contributed by atoms with Gasteiger partial charge in [0.2, 0.25) is 6.29 Å². The second-order valence-corrected chi connectivity index (χ2v) is 10.1. The number of nitrogens with one attached hydrogen (secondary N) is 1. The van der Waals surface area contributed by atoms with Gasteiger partial charge >= 0.3 is 5.97 Å². The second kappa shape index (κ2) is 11.1. The summed E-state index contributed by atoms with van der Waals surface area (Å²) in [4.78, 5) is 18.4. The number of fused-ring (bicyclic) bond motifs is 3. The molecule has 9 atom stereocenters. The van der Waals surface area contributed by atoms with Gasteiger partial charge in [-0.05, 0) is 18.6 Å². The number of para-hydroxylation sites is 1. The fourth-order valence-corrected chi connectivity index (χ4v) is 5.68. The van der Waals surface area contributed by atoms with E-state index < -0.39 is 61.4 Å². The zero-order valence-corrected chi connectivity index (χ0v) is 21.7. The molecule has 1 aromatic carbocycles. The summed E-state index contributed by atoms with van der Waals surface area (Å²) in [6.07, 6.45) is -0.939. The van der Waals surface area contributed by atoms with Crippen molar-refractivity contribution in [1.29, 1.82) is 0 Å². The third-order valence-electron chi connectivity index (χ3n) is 7.87. The maximum absolute atomic E-state index is 12.8. The van der Waals surface area contributed by atoms with Crippen molar-refractivity contribution >= 4 is 22.9 Å². The van der Waals surface area contributed by atoms with Crippen molar-refractivity contribution in [2.24, 2.45) is 11.8 Å². The molecule has 39 heavy (non-hydrogen) atoms. The van der Waals surface area contributed by atoms with Gasteiger partial charge in [-0.15, -0.1) is 6.58 Å². The molecule has 3 aliphatic heterocycles. The Hall–Kier alpha value is -3.19. The van der Waals surface area contributed by atoms with Crippen LogP contribution in [0.15, 0.2) is 55.0 Å². The molecule has 2 aromatic rings. The minimum atomic E-state index is -1.61. The predicted molar refractivity (Wildman–Crippen MR) is 139 cm³/mol. The lowest BCUT2D eigenvalue weighted by Crippen LogP contribution is -2.60. The molecule has 0 radical (unpaired) electrons. The summed E-state index contributed by atoms with van der Waals surface area (Å²) in [6, 6.07) is 7.89. The van der Waals surface area contributed by atoms with Crippen molar-refractivity contribution in [3.63, 3.8) is 0 Å². The van der Waals surface area contributed by atoms with Gasteiger partial charge in [0, 0.05) is 47.2 Å². The van der Waals surface area contributed by atoms with Gasteiger partial charge in [0.1, 0.15) is 24.4 Å². The highest BCUT2D eigenvalue weighted by molar-refractivity contribution is 5.91. The molecule has 0 aliphatic carbocycles. The fourth-order valence-electron chi connectivity index (χ4n) is 5.68. The van der Waals surface area contributed by atoms with Gasteiger partial charge in [-0.1, -0.05) is 24.3 Å². The summed E-state index contributed by atoms with van der Waals surface area (Å²) in [7, 11) is 3.26. The number of aliphatic hydroxyl groups is 4. The van der Waals surface area contributed by atoms with E-state index >= 15 is 0 Å². The Balaban J connectivity index is 1.46. The van der Waals surface area contributed by atoms with Gasteiger partial charge in [0.15, 0.2) is 6.29 Å². The number of nitrogens with zero attached hydrogens (tertiary/aromatic N) is 1. The Kier molecular flexibility index (Phi) is 7.81. The summed E-state index contributed by atoms with van der Waals surface area (Å²) in [6.45, 7) is 3.37.